The summed E-state index contributed by atoms with van der Waals surface area (Å²) in [4.78, 5) is 4.28. The van der Waals surface area contributed by atoms with Crippen LogP contribution in [0.5, 0.6) is 5.75 Å². The van der Waals surface area contributed by atoms with Gasteiger partial charge in [0.1, 0.15) is 12.4 Å². The number of hydrogen-bond acceptors (Lipinski definition) is 4. The Morgan fingerprint density at radius 1 is 1.33 bits per heavy atom. The summed E-state index contributed by atoms with van der Waals surface area (Å²) in [6.07, 6.45) is 2.36. The number of alkyl halides is 3. The molecule has 4 N–H and O–H groups in total. The van der Waals surface area contributed by atoms with Gasteiger partial charge in [0.15, 0.2) is 6.04 Å². The zero-order valence-electron chi connectivity index (χ0n) is 16.7. The van der Waals surface area contributed by atoms with Gasteiger partial charge < -0.3 is 9.26 Å². The van der Waals surface area contributed by atoms with Crippen molar-refractivity contribution >= 4 is 5.96 Å². The highest BCUT2D eigenvalue weighted by atomic mass is 19.4. The van der Waals surface area contributed by atoms with Crippen LogP contribution in [0.2, 0.25) is 0 Å². The van der Waals surface area contributed by atoms with Gasteiger partial charge in [0.2, 0.25) is 5.82 Å². The molecule has 162 valence electrons. The van der Waals surface area contributed by atoms with Crippen LogP contribution in [0.15, 0.2) is 34.9 Å². The first-order valence-electron chi connectivity index (χ1n) is 9.78. The Balaban J connectivity index is 1.85. The lowest BCUT2D eigenvalue weighted by molar-refractivity contribution is -0.555. The van der Waals surface area contributed by atoms with E-state index in [0.717, 1.165) is 25.3 Å². The molecule has 1 aromatic carbocycles. The quantitative estimate of drug-likeness (QED) is 0.400. The SMILES string of the molecule is CCCC=CCOc1ccc(-c2noc([C@@H]3CCC[N+]3=C(N)N)n2)cc1C(F)(F)F. The van der Waals surface area contributed by atoms with Crippen LogP contribution in [0.3, 0.4) is 0 Å². The predicted molar refractivity (Wildman–Crippen MR) is 105 cm³/mol. The van der Waals surface area contributed by atoms with E-state index in [1.165, 1.54) is 12.1 Å². The molecule has 3 rings (SSSR count). The Labute approximate surface area is 172 Å². The fourth-order valence-corrected chi connectivity index (χ4v) is 3.33. The zero-order chi connectivity index (χ0) is 21.7. The Morgan fingerprint density at radius 3 is 2.83 bits per heavy atom. The van der Waals surface area contributed by atoms with Crippen LogP contribution in [0.1, 0.15) is 50.1 Å². The molecule has 1 aliphatic rings. The largest absolute Gasteiger partial charge is 0.489 e. The molecule has 0 saturated carbocycles. The van der Waals surface area contributed by atoms with E-state index < -0.39 is 11.7 Å². The van der Waals surface area contributed by atoms with Crippen LogP contribution in [-0.4, -0.2) is 33.8 Å². The number of benzene rings is 1. The summed E-state index contributed by atoms with van der Waals surface area (Å²) in [6, 6.07) is 3.44. The van der Waals surface area contributed by atoms with Gasteiger partial charge >= 0.3 is 12.1 Å². The molecule has 10 heteroatoms. The maximum atomic E-state index is 13.6. The average Bonchev–Trinajstić information content (AvgIpc) is 3.36. The van der Waals surface area contributed by atoms with Crippen LogP contribution in [0.25, 0.3) is 11.4 Å². The minimum absolute atomic E-state index is 0.0588. The standard InChI is InChI=1S/C20H24F3N5O2/c1-2-3-4-5-11-29-16-9-8-13(12-14(16)20(21,22)23)17-26-18(30-27-17)15-7-6-10-28(15)19(24)25/h4-5,8-9,12,15H,2-3,6-7,10-11H2,1H3,(H3,24,25)/p+1/t15-/m0/s1. The van der Waals surface area contributed by atoms with Crippen molar-refractivity contribution in [2.45, 2.75) is 44.8 Å². The Bertz CT molecular complexity index is 933. The van der Waals surface area contributed by atoms with Crippen LogP contribution in [0, 0.1) is 0 Å². The van der Waals surface area contributed by atoms with Crippen molar-refractivity contribution in [2.75, 3.05) is 13.2 Å². The van der Waals surface area contributed by atoms with Gasteiger partial charge in [-0.1, -0.05) is 30.7 Å². The van der Waals surface area contributed by atoms with Gasteiger partial charge in [-0.05, 0) is 37.5 Å². The first-order valence-corrected chi connectivity index (χ1v) is 9.78. The molecule has 1 aromatic heterocycles. The molecule has 1 fully saturated rings. The third kappa shape index (κ3) is 4.92. The van der Waals surface area contributed by atoms with Gasteiger partial charge in [-0.3, -0.25) is 16.0 Å². The molecule has 2 aromatic rings. The number of hydrogen-bond donors (Lipinski definition) is 2. The molecule has 0 radical (unpaired) electrons. The molecule has 0 spiro atoms. The fourth-order valence-electron chi connectivity index (χ4n) is 3.33. The molecule has 7 nitrogen and oxygen atoms in total. The molecule has 1 aliphatic heterocycles. The summed E-state index contributed by atoms with van der Waals surface area (Å²) >= 11 is 0. The lowest BCUT2D eigenvalue weighted by Crippen LogP contribution is -2.35. The van der Waals surface area contributed by atoms with Gasteiger partial charge in [-0.2, -0.15) is 18.2 Å². The Morgan fingerprint density at radius 2 is 2.13 bits per heavy atom. The van der Waals surface area contributed by atoms with Gasteiger partial charge in [-0.15, -0.1) is 0 Å². The van der Waals surface area contributed by atoms with E-state index >= 15 is 0 Å². The van der Waals surface area contributed by atoms with E-state index in [-0.39, 0.29) is 41.6 Å². The first kappa shape index (κ1) is 21.7. The van der Waals surface area contributed by atoms with Crippen molar-refractivity contribution in [1.29, 1.82) is 0 Å². The predicted octanol–water partition coefficient (Wildman–Crippen LogP) is 3.61. The van der Waals surface area contributed by atoms with Gasteiger partial charge in [-0.25, -0.2) is 0 Å². The van der Waals surface area contributed by atoms with Crippen molar-refractivity contribution in [1.82, 2.24) is 10.1 Å². The van der Waals surface area contributed by atoms with Crippen LogP contribution >= 0.6 is 0 Å². The molecule has 1 atom stereocenters. The van der Waals surface area contributed by atoms with Crippen molar-refractivity contribution in [3.05, 3.63) is 41.8 Å². The molecular formula is C20H25F3N5O2+. The van der Waals surface area contributed by atoms with Crippen LogP contribution in [-0.2, 0) is 6.18 Å². The topological polar surface area (TPSA) is 103 Å². The Hall–Kier alpha value is -3.04. The smallest absolute Gasteiger partial charge is 0.419 e. The highest BCUT2D eigenvalue weighted by Gasteiger charge is 2.36. The maximum absolute atomic E-state index is 13.6. The minimum atomic E-state index is -4.59. The third-order valence-corrected chi connectivity index (χ3v) is 4.81. The Kier molecular flexibility index (Phi) is 6.63. The van der Waals surface area contributed by atoms with Gasteiger partial charge in [0.25, 0.3) is 5.89 Å². The van der Waals surface area contributed by atoms with Crippen molar-refractivity contribution in [2.24, 2.45) is 11.5 Å². The second-order valence-corrected chi connectivity index (χ2v) is 7.01. The average molecular weight is 424 g/mol. The van der Waals surface area contributed by atoms with Crippen molar-refractivity contribution < 1.29 is 27.0 Å². The van der Waals surface area contributed by atoms with Gasteiger partial charge in [0.05, 0.1) is 12.1 Å². The zero-order valence-corrected chi connectivity index (χ0v) is 16.7. The monoisotopic (exact) mass is 424 g/mol. The number of nitrogens with two attached hydrogens (primary N) is 2. The minimum Gasteiger partial charge on any atom is -0.489 e. The van der Waals surface area contributed by atoms with E-state index in [1.54, 1.807) is 10.7 Å². The number of rotatable bonds is 7. The normalized spacial score (nSPS) is 17.1. The highest BCUT2D eigenvalue weighted by Crippen LogP contribution is 2.39. The molecular weight excluding hydrogens is 399 g/mol. The number of nitrogens with zero attached hydrogens (tertiary/aromatic N) is 3. The molecule has 0 amide bonds. The summed E-state index contributed by atoms with van der Waals surface area (Å²) in [6.45, 7) is 2.73. The number of unbranched alkanes of at least 4 members (excludes halogenated alkanes) is 1. The number of guanidine groups is 1. The van der Waals surface area contributed by atoms with Crippen LogP contribution < -0.4 is 16.2 Å². The van der Waals surface area contributed by atoms with E-state index in [1.807, 2.05) is 13.0 Å². The van der Waals surface area contributed by atoms with Crippen molar-refractivity contribution in [3.63, 3.8) is 0 Å². The molecule has 0 bridgehead atoms. The van der Waals surface area contributed by atoms with Gasteiger partial charge in [0, 0.05) is 5.56 Å². The summed E-state index contributed by atoms with van der Waals surface area (Å²) in [7, 11) is 0. The van der Waals surface area contributed by atoms with E-state index in [9.17, 15) is 13.2 Å². The molecule has 2 heterocycles. The number of allylic oxidation sites excluding steroid dienone is 1. The number of ether oxygens (including phenoxy) is 1. The second-order valence-electron chi connectivity index (χ2n) is 7.01. The number of aromatic nitrogens is 2. The second kappa shape index (κ2) is 9.19. The third-order valence-electron chi connectivity index (χ3n) is 4.81. The summed E-state index contributed by atoms with van der Waals surface area (Å²) in [5, 5.41) is 3.85. The first-order chi connectivity index (χ1) is 14.3. The molecule has 0 aliphatic carbocycles. The maximum Gasteiger partial charge on any atom is 0.419 e. The highest BCUT2D eigenvalue weighted by molar-refractivity contribution is 5.70. The summed E-state index contributed by atoms with van der Waals surface area (Å²) in [5.41, 5.74) is 10.7. The lowest BCUT2D eigenvalue weighted by Gasteiger charge is -2.14. The number of halogens is 3. The molecule has 0 unspecified atom stereocenters. The summed E-state index contributed by atoms with van der Waals surface area (Å²) < 4.78 is 53.0. The van der Waals surface area contributed by atoms with E-state index in [4.69, 9.17) is 20.7 Å². The van der Waals surface area contributed by atoms with E-state index in [0.29, 0.717) is 13.0 Å². The van der Waals surface area contributed by atoms with Crippen molar-refractivity contribution in [3.8, 4) is 17.1 Å². The lowest BCUT2D eigenvalue weighted by atomic mass is 10.1. The fraction of sp³-hybridized carbons (Fsp3) is 0.450. The van der Waals surface area contributed by atoms with E-state index in [2.05, 4.69) is 10.1 Å². The van der Waals surface area contributed by atoms with Crippen LogP contribution in [0.4, 0.5) is 13.2 Å². The summed E-state index contributed by atoms with van der Waals surface area (Å²) in [5.74, 6) is 0.230. The molecule has 30 heavy (non-hydrogen) atoms. The molecule has 1 saturated heterocycles.